The van der Waals surface area contributed by atoms with Gasteiger partial charge in [0.15, 0.2) is 0 Å². The van der Waals surface area contributed by atoms with Crippen molar-refractivity contribution < 1.29 is 5.11 Å². The number of thiazole rings is 1. The summed E-state index contributed by atoms with van der Waals surface area (Å²) in [4.78, 5) is 4.63. The summed E-state index contributed by atoms with van der Waals surface area (Å²) < 4.78 is 1.07. The Bertz CT molecular complexity index is 530. The van der Waals surface area contributed by atoms with E-state index in [1.807, 2.05) is 12.1 Å². The Morgan fingerprint density at radius 3 is 3.05 bits per heavy atom. The van der Waals surface area contributed by atoms with Crippen molar-refractivity contribution in [1.82, 2.24) is 10.3 Å². The summed E-state index contributed by atoms with van der Waals surface area (Å²) in [6.07, 6.45) is 0.766. The van der Waals surface area contributed by atoms with Gasteiger partial charge in [0.25, 0.3) is 0 Å². The second-order valence-corrected chi connectivity index (χ2v) is 6.22. The van der Waals surface area contributed by atoms with Crippen LogP contribution in [0.25, 0.3) is 10.6 Å². The molecule has 0 aliphatic heterocycles. The van der Waals surface area contributed by atoms with Gasteiger partial charge >= 0.3 is 0 Å². The van der Waals surface area contributed by atoms with Gasteiger partial charge in [0.2, 0.25) is 0 Å². The highest BCUT2D eigenvalue weighted by molar-refractivity contribution is 9.10. The quantitative estimate of drug-likeness (QED) is 0.846. The van der Waals surface area contributed by atoms with Crippen LogP contribution in [0.15, 0.2) is 34.1 Å². The van der Waals surface area contributed by atoms with Gasteiger partial charge in [0.05, 0.1) is 5.69 Å². The molecule has 0 amide bonds. The first-order chi connectivity index (χ1) is 9.19. The largest absolute Gasteiger partial charge is 0.396 e. The van der Waals surface area contributed by atoms with Gasteiger partial charge in [-0.05, 0) is 25.5 Å². The summed E-state index contributed by atoms with van der Waals surface area (Å²) in [5.41, 5.74) is 2.18. The number of hydrogen-bond donors (Lipinski definition) is 2. The van der Waals surface area contributed by atoms with Crippen molar-refractivity contribution in [3.8, 4) is 10.6 Å². The SMILES string of the molecule is CC(CCO)NCc1csc(-c2cccc(Br)c2)n1. The predicted molar refractivity (Wildman–Crippen MR) is 83.3 cm³/mol. The number of halogens is 1. The summed E-state index contributed by atoms with van der Waals surface area (Å²) in [5.74, 6) is 0. The maximum absolute atomic E-state index is 8.85. The van der Waals surface area contributed by atoms with Crippen LogP contribution in [0.1, 0.15) is 19.0 Å². The summed E-state index contributed by atoms with van der Waals surface area (Å²) in [6.45, 7) is 3.03. The summed E-state index contributed by atoms with van der Waals surface area (Å²) >= 11 is 5.13. The molecular formula is C14H17BrN2OS. The Morgan fingerprint density at radius 2 is 2.32 bits per heavy atom. The third kappa shape index (κ3) is 4.38. The normalized spacial score (nSPS) is 12.6. The van der Waals surface area contributed by atoms with Crippen LogP contribution in [0.3, 0.4) is 0 Å². The molecule has 0 saturated carbocycles. The van der Waals surface area contributed by atoms with Gasteiger partial charge in [-0.1, -0.05) is 28.1 Å². The van der Waals surface area contributed by atoms with Gasteiger partial charge in [-0.25, -0.2) is 4.98 Å². The molecule has 1 heterocycles. The molecule has 5 heteroatoms. The molecule has 0 radical (unpaired) electrons. The van der Waals surface area contributed by atoms with E-state index in [0.717, 1.165) is 33.7 Å². The van der Waals surface area contributed by atoms with Crippen LogP contribution in [0.2, 0.25) is 0 Å². The average molecular weight is 341 g/mol. The Balaban J connectivity index is 1.99. The van der Waals surface area contributed by atoms with Gasteiger partial charge in [0.1, 0.15) is 5.01 Å². The predicted octanol–water partition coefficient (Wildman–Crippen LogP) is 3.43. The minimum absolute atomic E-state index is 0.217. The zero-order valence-corrected chi connectivity index (χ0v) is 13.2. The molecule has 1 aromatic carbocycles. The van der Waals surface area contributed by atoms with Crippen molar-refractivity contribution in [1.29, 1.82) is 0 Å². The van der Waals surface area contributed by atoms with Crippen LogP contribution in [0.5, 0.6) is 0 Å². The van der Waals surface area contributed by atoms with E-state index in [0.29, 0.717) is 6.04 Å². The molecule has 1 unspecified atom stereocenters. The first-order valence-corrected chi connectivity index (χ1v) is 7.91. The molecule has 0 aliphatic carbocycles. The highest BCUT2D eigenvalue weighted by Gasteiger charge is 2.06. The van der Waals surface area contributed by atoms with E-state index >= 15 is 0 Å². The first kappa shape index (κ1) is 14.7. The van der Waals surface area contributed by atoms with Crippen molar-refractivity contribution in [3.63, 3.8) is 0 Å². The van der Waals surface area contributed by atoms with E-state index in [4.69, 9.17) is 5.11 Å². The molecule has 19 heavy (non-hydrogen) atoms. The van der Waals surface area contributed by atoms with E-state index in [2.05, 4.69) is 50.7 Å². The number of hydrogen-bond acceptors (Lipinski definition) is 4. The van der Waals surface area contributed by atoms with E-state index in [-0.39, 0.29) is 6.61 Å². The average Bonchev–Trinajstić information content (AvgIpc) is 2.85. The molecule has 0 fully saturated rings. The van der Waals surface area contributed by atoms with Gasteiger partial charge in [0, 0.05) is 34.6 Å². The number of aliphatic hydroxyl groups is 1. The second kappa shape index (κ2) is 7.14. The van der Waals surface area contributed by atoms with Crippen LogP contribution in [-0.2, 0) is 6.54 Å². The highest BCUT2D eigenvalue weighted by atomic mass is 79.9. The van der Waals surface area contributed by atoms with Crippen molar-refractivity contribution in [3.05, 3.63) is 39.8 Å². The number of aliphatic hydroxyl groups excluding tert-OH is 1. The number of nitrogens with one attached hydrogen (secondary N) is 1. The van der Waals surface area contributed by atoms with Gasteiger partial charge in [-0.3, -0.25) is 0 Å². The Labute approximate surface area is 125 Å². The monoisotopic (exact) mass is 340 g/mol. The van der Waals surface area contributed by atoms with Gasteiger partial charge in [-0.2, -0.15) is 0 Å². The third-order valence-corrected chi connectivity index (χ3v) is 4.25. The topological polar surface area (TPSA) is 45.1 Å². The number of aromatic nitrogens is 1. The molecular weight excluding hydrogens is 324 g/mol. The number of rotatable bonds is 6. The van der Waals surface area contributed by atoms with E-state index in [1.165, 1.54) is 0 Å². The lowest BCUT2D eigenvalue weighted by atomic mass is 10.2. The third-order valence-electron chi connectivity index (χ3n) is 2.82. The summed E-state index contributed by atoms with van der Waals surface area (Å²) in [5, 5.41) is 15.3. The van der Waals surface area contributed by atoms with Crippen LogP contribution < -0.4 is 5.32 Å². The van der Waals surface area contributed by atoms with Crippen molar-refractivity contribution in [2.45, 2.75) is 25.9 Å². The minimum Gasteiger partial charge on any atom is -0.396 e. The van der Waals surface area contributed by atoms with Gasteiger partial charge in [-0.15, -0.1) is 11.3 Å². The van der Waals surface area contributed by atoms with Crippen LogP contribution in [0.4, 0.5) is 0 Å². The fraction of sp³-hybridized carbons (Fsp3) is 0.357. The van der Waals surface area contributed by atoms with Crippen molar-refractivity contribution in [2.24, 2.45) is 0 Å². The number of nitrogens with zero attached hydrogens (tertiary/aromatic N) is 1. The maximum atomic E-state index is 8.85. The fourth-order valence-corrected chi connectivity index (χ4v) is 2.93. The van der Waals surface area contributed by atoms with Gasteiger partial charge < -0.3 is 10.4 Å². The van der Waals surface area contributed by atoms with E-state index in [9.17, 15) is 0 Å². The Morgan fingerprint density at radius 1 is 1.47 bits per heavy atom. The molecule has 102 valence electrons. The minimum atomic E-state index is 0.217. The van der Waals surface area contributed by atoms with E-state index < -0.39 is 0 Å². The number of benzene rings is 1. The molecule has 0 aliphatic rings. The highest BCUT2D eigenvalue weighted by Crippen LogP contribution is 2.26. The van der Waals surface area contributed by atoms with Crippen LogP contribution in [0, 0.1) is 0 Å². The second-order valence-electron chi connectivity index (χ2n) is 4.45. The smallest absolute Gasteiger partial charge is 0.123 e. The Kier molecular flexibility index (Phi) is 5.51. The molecule has 1 atom stereocenters. The molecule has 3 nitrogen and oxygen atoms in total. The lowest BCUT2D eigenvalue weighted by Crippen LogP contribution is -2.26. The lowest BCUT2D eigenvalue weighted by molar-refractivity contribution is 0.268. The zero-order chi connectivity index (χ0) is 13.7. The summed E-state index contributed by atoms with van der Waals surface area (Å²) in [7, 11) is 0. The summed E-state index contributed by atoms with van der Waals surface area (Å²) in [6, 6.07) is 8.47. The Hall–Kier alpha value is -0.750. The van der Waals surface area contributed by atoms with Crippen LogP contribution in [-0.4, -0.2) is 22.7 Å². The maximum Gasteiger partial charge on any atom is 0.123 e. The molecule has 2 rings (SSSR count). The molecule has 0 spiro atoms. The molecule has 0 bridgehead atoms. The van der Waals surface area contributed by atoms with Crippen molar-refractivity contribution >= 4 is 27.3 Å². The molecule has 1 aromatic heterocycles. The molecule has 0 saturated heterocycles. The zero-order valence-electron chi connectivity index (χ0n) is 10.8. The first-order valence-electron chi connectivity index (χ1n) is 6.23. The molecule has 2 aromatic rings. The fourth-order valence-electron chi connectivity index (χ4n) is 1.72. The lowest BCUT2D eigenvalue weighted by Gasteiger charge is -2.10. The van der Waals surface area contributed by atoms with Crippen LogP contribution >= 0.6 is 27.3 Å². The van der Waals surface area contributed by atoms with E-state index in [1.54, 1.807) is 11.3 Å². The van der Waals surface area contributed by atoms with Crippen molar-refractivity contribution in [2.75, 3.05) is 6.61 Å². The molecule has 2 N–H and O–H groups in total. The standard InChI is InChI=1S/C14H17BrN2OS/c1-10(5-6-18)16-8-13-9-19-14(17-13)11-3-2-4-12(15)7-11/h2-4,7,9-10,16,18H,5-6,8H2,1H3.